The third kappa shape index (κ3) is 11.2. The van der Waals surface area contributed by atoms with Crippen LogP contribution < -0.4 is 0 Å². The Bertz CT molecular complexity index is 1200. The van der Waals surface area contributed by atoms with E-state index < -0.39 is 42.9 Å². The van der Waals surface area contributed by atoms with Crippen molar-refractivity contribution in [3.05, 3.63) is 82.9 Å². The second-order valence-corrected chi connectivity index (χ2v) is 13.3. The van der Waals surface area contributed by atoms with Crippen LogP contribution in [0.1, 0.15) is 100.0 Å². The van der Waals surface area contributed by atoms with Crippen molar-refractivity contribution in [2.75, 3.05) is 53.4 Å². The highest BCUT2D eigenvalue weighted by atomic mass is 16.7. The minimum atomic E-state index is -1.50. The smallest absolute Gasteiger partial charge is 0.225 e. The summed E-state index contributed by atoms with van der Waals surface area (Å²) in [6.07, 6.45) is 8.85. The normalized spacial score (nSPS) is 22.0. The van der Waals surface area contributed by atoms with Crippen molar-refractivity contribution < 1.29 is 38.6 Å². The number of unbranched alkanes of at least 4 members (excludes halogenated alkanes) is 4. The van der Waals surface area contributed by atoms with Gasteiger partial charge in [0.1, 0.15) is 23.9 Å². The van der Waals surface area contributed by atoms with E-state index in [9.17, 15) is 10.2 Å². The van der Waals surface area contributed by atoms with Gasteiger partial charge in [0, 0.05) is 39.1 Å². The Morgan fingerprint density at radius 3 is 1.98 bits per heavy atom. The second kappa shape index (κ2) is 21.9. The molecule has 0 amide bonds. The summed E-state index contributed by atoms with van der Waals surface area (Å²) in [4.78, 5) is 0. The largest absolute Gasteiger partial charge is 0.393 e. The average molecular weight is 685 g/mol. The molecule has 276 valence electrons. The van der Waals surface area contributed by atoms with Gasteiger partial charge in [0.15, 0.2) is 0 Å². The zero-order valence-electron chi connectivity index (χ0n) is 30.9. The number of aliphatic hydroxyl groups excluding tert-OH is 2. The van der Waals surface area contributed by atoms with Crippen LogP contribution >= 0.6 is 0 Å². The molecule has 49 heavy (non-hydrogen) atoms. The fourth-order valence-corrected chi connectivity index (χ4v) is 6.41. The van der Waals surface area contributed by atoms with Crippen molar-refractivity contribution in [1.29, 1.82) is 0 Å². The summed E-state index contributed by atoms with van der Waals surface area (Å²) in [5.41, 5.74) is 4.03. The van der Waals surface area contributed by atoms with E-state index in [4.69, 9.17) is 28.4 Å². The van der Waals surface area contributed by atoms with E-state index in [1.54, 1.807) is 13.2 Å². The van der Waals surface area contributed by atoms with Crippen molar-refractivity contribution in [1.82, 2.24) is 0 Å². The molecule has 8 heteroatoms. The Labute approximate surface area is 296 Å². The molecule has 0 aliphatic carbocycles. The molecule has 1 heterocycles. The molecule has 0 aromatic heterocycles. The van der Waals surface area contributed by atoms with Crippen LogP contribution in [0.2, 0.25) is 0 Å². The molecule has 8 nitrogen and oxygen atoms in total. The highest BCUT2D eigenvalue weighted by Gasteiger charge is 2.64. The van der Waals surface area contributed by atoms with E-state index in [-0.39, 0.29) is 0 Å². The first-order chi connectivity index (χ1) is 23.9. The lowest BCUT2D eigenvalue weighted by molar-refractivity contribution is -0.414. The van der Waals surface area contributed by atoms with Crippen molar-refractivity contribution in [2.24, 2.45) is 0 Å². The number of hydrogen-bond donors (Lipinski definition) is 2. The van der Waals surface area contributed by atoms with Gasteiger partial charge in [-0.2, -0.15) is 0 Å². The SMILES string of the molecule is C=CCOCCCCc1ccc(Cc2cc([C@]3(OC)OC(CO)(CO)[C@@H](OCCCC)[C@H](OCCCC)[C@H]3OCCCC)ccc2C)cc1. The monoisotopic (exact) mass is 684 g/mol. The highest BCUT2D eigenvalue weighted by molar-refractivity contribution is 5.39. The van der Waals surface area contributed by atoms with Crippen LogP contribution in [0.15, 0.2) is 55.1 Å². The van der Waals surface area contributed by atoms with Crippen LogP contribution in [0.4, 0.5) is 0 Å². The Kier molecular flexibility index (Phi) is 18.5. The van der Waals surface area contributed by atoms with Crippen molar-refractivity contribution in [2.45, 2.75) is 122 Å². The average Bonchev–Trinajstić information content (AvgIpc) is 3.12. The quantitative estimate of drug-likeness (QED) is 0.0837. The lowest BCUT2D eigenvalue weighted by Gasteiger charge is -2.56. The Morgan fingerprint density at radius 2 is 1.39 bits per heavy atom. The molecule has 1 fully saturated rings. The van der Waals surface area contributed by atoms with Gasteiger partial charge >= 0.3 is 0 Å². The molecule has 0 radical (unpaired) electrons. The maximum absolute atomic E-state index is 10.9. The predicted octanol–water partition coefficient (Wildman–Crippen LogP) is 7.22. The van der Waals surface area contributed by atoms with Gasteiger partial charge in [0.25, 0.3) is 0 Å². The molecule has 1 saturated heterocycles. The number of aliphatic hydroxyl groups is 2. The molecule has 3 rings (SSSR count). The van der Waals surface area contributed by atoms with Gasteiger partial charge in [0.2, 0.25) is 5.79 Å². The fraction of sp³-hybridized carbons (Fsp3) is 0.659. The van der Waals surface area contributed by atoms with Crippen molar-refractivity contribution in [3.8, 4) is 0 Å². The van der Waals surface area contributed by atoms with Crippen LogP contribution in [0.25, 0.3) is 0 Å². The molecule has 1 aliphatic rings. The highest BCUT2D eigenvalue weighted by Crippen LogP contribution is 2.47. The summed E-state index contributed by atoms with van der Waals surface area (Å²) in [7, 11) is 1.60. The lowest BCUT2D eigenvalue weighted by atomic mass is 9.80. The maximum atomic E-state index is 10.9. The van der Waals surface area contributed by atoms with E-state index in [0.717, 1.165) is 87.5 Å². The number of aryl methyl sites for hydroxylation is 2. The first kappa shape index (κ1) is 41.3. The topological polar surface area (TPSA) is 95.8 Å². The Morgan fingerprint density at radius 1 is 0.776 bits per heavy atom. The van der Waals surface area contributed by atoms with Gasteiger partial charge in [-0.15, -0.1) is 6.58 Å². The van der Waals surface area contributed by atoms with Crippen LogP contribution in [0, 0.1) is 6.92 Å². The molecule has 2 aromatic rings. The summed E-state index contributed by atoms with van der Waals surface area (Å²) < 4.78 is 38.5. The zero-order chi connectivity index (χ0) is 35.5. The molecule has 1 aliphatic heterocycles. The van der Waals surface area contributed by atoms with Gasteiger partial charge in [-0.25, -0.2) is 0 Å². The molecule has 0 spiro atoms. The number of benzene rings is 2. The third-order valence-corrected chi connectivity index (χ3v) is 9.49. The van der Waals surface area contributed by atoms with Gasteiger partial charge in [-0.05, 0) is 80.2 Å². The fourth-order valence-electron chi connectivity index (χ4n) is 6.41. The molecule has 2 N–H and O–H groups in total. The maximum Gasteiger partial charge on any atom is 0.225 e. The lowest BCUT2D eigenvalue weighted by Crippen LogP contribution is -2.73. The number of rotatable bonds is 25. The molecular weight excluding hydrogens is 620 g/mol. The molecule has 4 atom stereocenters. The first-order valence-corrected chi connectivity index (χ1v) is 18.6. The van der Waals surface area contributed by atoms with E-state index in [1.165, 1.54) is 11.1 Å². The number of hydrogen-bond acceptors (Lipinski definition) is 8. The molecule has 0 saturated carbocycles. The van der Waals surface area contributed by atoms with Gasteiger partial charge < -0.3 is 38.6 Å². The summed E-state index contributed by atoms with van der Waals surface area (Å²) in [5, 5.41) is 21.8. The summed E-state index contributed by atoms with van der Waals surface area (Å²) in [6, 6.07) is 15.0. The van der Waals surface area contributed by atoms with E-state index in [0.29, 0.717) is 26.4 Å². The van der Waals surface area contributed by atoms with Crippen LogP contribution in [-0.2, 0) is 47.0 Å². The molecule has 0 unspecified atom stereocenters. The summed E-state index contributed by atoms with van der Waals surface area (Å²) in [6.45, 7) is 13.9. The van der Waals surface area contributed by atoms with Crippen molar-refractivity contribution in [3.63, 3.8) is 0 Å². The van der Waals surface area contributed by atoms with Crippen LogP contribution in [0.3, 0.4) is 0 Å². The van der Waals surface area contributed by atoms with E-state index >= 15 is 0 Å². The van der Waals surface area contributed by atoms with Crippen LogP contribution in [-0.4, -0.2) is 87.5 Å². The van der Waals surface area contributed by atoms with Crippen LogP contribution in [0.5, 0.6) is 0 Å². The van der Waals surface area contributed by atoms with E-state index in [1.807, 2.05) is 6.07 Å². The summed E-state index contributed by atoms with van der Waals surface area (Å²) in [5.74, 6) is -1.48. The minimum absolute atomic E-state index is 0.444. The predicted molar refractivity (Wildman–Crippen MR) is 195 cm³/mol. The summed E-state index contributed by atoms with van der Waals surface area (Å²) >= 11 is 0. The van der Waals surface area contributed by atoms with E-state index in [2.05, 4.69) is 70.7 Å². The third-order valence-electron chi connectivity index (χ3n) is 9.49. The van der Waals surface area contributed by atoms with Gasteiger partial charge in [-0.3, -0.25) is 0 Å². The molecular formula is C41H64O8. The minimum Gasteiger partial charge on any atom is -0.393 e. The number of ether oxygens (including phenoxy) is 6. The van der Waals surface area contributed by atoms with Gasteiger partial charge in [-0.1, -0.05) is 82.5 Å². The zero-order valence-corrected chi connectivity index (χ0v) is 30.9. The Balaban J connectivity index is 1.99. The Hall–Kier alpha value is -2.14. The molecule has 2 aromatic carbocycles. The number of methoxy groups -OCH3 is 1. The molecule has 0 bridgehead atoms. The van der Waals surface area contributed by atoms with Crippen molar-refractivity contribution >= 4 is 0 Å². The first-order valence-electron chi connectivity index (χ1n) is 18.6. The van der Waals surface area contributed by atoms with Gasteiger partial charge in [0.05, 0.1) is 19.8 Å². The second-order valence-electron chi connectivity index (χ2n) is 13.3. The standard InChI is InChI=1S/C41H64O8/c1-7-11-25-46-37-38(47-26-12-8-2)40(30-42,31-43)49-41(44-6,39(37)48-27-13-9-3)36-22-17-32(5)35(29-36)28-34-20-18-33(19-21-34)16-14-15-24-45-23-10-4/h10,17-22,29,37-39,42-43H,4,7-9,11-16,23-28,30-31H2,1-3,5-6H3/t37-,38-,39+,41-/m0/s1.